The van der Waals surface area contributed by atoms with E-state index in [1.165, 1.54) is 29.9 Å². The number of alkyl halides is 3. The van der Waals surface area contributed by atoms with E-state index in [9.17, 15) is 22.8 Å². The largest absolute Gasteiger partial charge is 0.497 e. The van der Waals surface area contributed by atoms with E-state index in [0.29, 0.717) is 34.6 Å². The molecule has 2 aromatic carbocycles. The molecule has 0 unspecified atom stereocenters. The number of nitrogens with one attached hydrogen (secondary N) is 2. The summed E-state index contributed by atoms with van der Waals surface area (Å²) in [6.07, 6.45) is -1.00. The summed E-state index contributed by atoms with van der Waals surface area (Å²) in [5, 5.41) is 6.16. The molecule has 42 heavy (non-hydrogen) atoms. The van der Waals surface area contributed by atoms with Crippen LogP contribution in [-0.4, -0.2) is 37.5 Å². The van der Waals surface area contributed by atoms with Gasteiger partial charge in [0.15, 0.2) is 5.65 Å². The van der Waals surface area contributed by atoms with Crippen LogP contribution >= 0.6 is 0 Å². The van der Waals surface area contributed by atoms with Gasteiger partial charge in [0.2, 0.25) is 5.95 Å². The highest BCUT2D eigenvalue weighted by atomic mass is 19.4. The SMILES string of the molecule is CCc1c2cnc(Nc3ccc(C)nc3)nc2nc(=O)n1-c1cc(NC(=O)c2cccc(C(F)(F)F)c2)cc(OC)c1. The predicted octanol–water partition coefficient (Wildman–Crippen LogP) is 5.46. The summed E-state index contributed by atoms with van der Waals surface area (Å²) in [6.45, 7) is 3.72. The fourth-order valence-corrected chi connectivity index (χ4v) is 4.33. The first-order valence-corrected chi connectivity index (χ1v) is 12.7. The van der Waals surface area contributed by atoms with E-state index in [1.54, 1.807) is 18.5 Å². The Bertz CT molecular complexity index is 1860. The fourth-order valence-electron chi connectivity index (χ4n) is 4.33. The van der Waals surface area contributed by atoms with Gasteiger partial charge in [0.25, 0.3) is 5.91 Å². The van der Waals surface area contributed by atoms with Crippen molar-refractivity contribution in [1.29, 1.82) is 0 Å². The fraction of sp³-hybridized carbons (Fsp3) is 0.172. The molecule has 214 valence electrons. The molecule has 2 N–H and O–H groups in total. The predicted molar refractivity (Wildman–Crippen MR) is 151 cm³/mol. The van der Waals surface area contributed by atoms with Gasteiger partial charge in [-0.3, -0.25) is 14.3 Å². The van der Waals surface area contributed by atoms with Crippen LogP contribution in [0.5, 0.6) is 5.75 Å². The number of methoxy groups -OCH3 is 1. The molecule has 5 aromatic rings. The van der Waals surface area contributed by atoms with Gasteiger partial charge in [-0.15, -0.1) is 0 Å². The van der Waals surface area contributed by atoms with Crippen molar-refractivity contribution in [3.8, 4) is 11.4 Å². The molecule has 0 aliphatic carbocycles. The number of hydrogen-bond acceptors (Lipinski definition) is 8. The zero-order valence-corrected chi connectivity index (χ0v) is 22.7. The van der Waals surface area contributed by atoms with E-state index in [0.717, 1.165) is 23.9 Å². The number of rotatable bonds is 7. The van der Waals surface area contributed by atoms with Crippen molar-refractivity contribution in [2.45, 2.75) is 26.4 Å². The topological polar surface area (TPSA) is 124 Å². The number of anilines is 3. The van der Waals surface area contributed by atoms with Gasteiger partial charge in [0.1, 0.15) is 5.75 Å². The second-order valence-electron chi connectivity index (χ2n) is 9.23. The molecule has 3 aromatic heterocycles. The lowest BCUT2D eigenvalue weighted by atomic mass is 10.1. The van der Waals surface area contributed by atoms with Gasteiger partial charge >= 0.3 is 11.9 Å². The third-order valence-electron chi connectivity index (χ3n) is 6.34. The smallest absolute Gasteiger partial charge is 0.416 e. The minimum atomic E-state index is -4.60. The molecule has 0 spiro atoms. The van der Waals surface area contributed by atoms with Crippen molar-refractivity contribution in [1.82, 2.24) is 24.5 Å². The molecular weight excluding hydrogens is 551 g/mol. The van der Waals surface area contributed by atoms with Crippen LogP contribution in [0, 0.1) is 6.92 Å². The highest BCUT2D eigenvalue weighted by Crippen LogP contribution is 2.30. The van der Waals surface area contributed by atoms with Crippen LogP contribution in [0.15, 0.2) is 71.8 Å². The number of aryl methyl sites for hydroxylation is 2. The highest BCUT2D eigenvalue weighted by molar-refractivity contribution is 6.04. The molecule has 10 nitrogen and oxygen atoms in total. The van der Waals surface area contributed by atoms with Gasteiger partial charge in [0.05, 0.1) is 35.6 Å². The first-order chi connectivity index (χ1) is 20.0. The Balaban J connectivity index is 1.52. The Labute approximate surface area is 237 Å². The first-order valence-electron chi connectivity index (χ1n) is 12.7. The molecule has 1 amide bonds. The first kappa shape index (κ1) is 28.2. The van der Waals surface area contributed by atoms with Crippen molar-refractivity contribution in [2.24, 2.45) is 0 Å². The van der Waals surface area contributed by atoms with Crippen molar-refractivity contribution in [2.75, 3.05) is 17.7 Å². The Kier molecular flexibility index (Phi) is 7.57. The van der Waals surface area contributed by atoms with Gasteiger partial charge in [-0.1, -0.05) is 13.0 Å². The average Bonchev–Trinajstić information content (AvgIpc) is 2.97. The summed E-state index contributed by atoms with van der Waals surface area (Å²) in [4.78, 5) is 43.4. The van der Waals surface area contributed by atoms with E-state index < -0.39 is 23.3 Å². The van der Waals surface area contributed by atoms with Gasteiger partial charge in [0, 0.05) is 41.0 Å². The second kappa shape index (κ2) is 11.3. The van der Waals surface area contributed by atoms with Crippen LogP contribution < -0.4 is 21.1 Å². The zero-order chi connectivity index (χ0) is 30.0. The van der Waals surface area contributed by atoms with Crippen LogP contribution in [0.25, 0.3) is 16.7 Å². The molecule has 0 radical (unpaired) electrons. The second-order valence-corrected chi connectivity index (χ2v) is 9.23. The molecule has 0 fully saturated rings. The van der Waals surface area contributed by atoms with E-state index in [2.05, 4.69) is 30.6 Å². The molecule has 0 bridgehead atoms. The quantitative estimate of drug-likeness (QED) is 0.262. The van der Waals surface area contributed by atoms with E-state index >= 15 is 0 Å². The maximum Gasteiger partial charge on any atom is 0.416 e. The maximum absolute atomic E-state index is 13.3. The van der Waals surface area contributed by atoms with E-state index in [-0.39, 0.29) is 22.8 Å². The summed E-state index contributed by atoms with van der Waals surface area (Å²) in [7, 11) is 1.41. The van der Waals surface area contributed by atoms with E-state index in [1.807, 2.05) is 26.0 Å². The number of aromatic nitrogens is 5. The Morgan fingerprint density at radius 3 is 2.50 bits per heavy atom. The van der Waals surface area contributed by atoms with Crippen LogP contribution in [0.4, 0.5) is 30.5 Å². The lowest BCUT2D eigenvalue weighted by Gasteiger charge is -2.16. The number of carbonyl (C=O) groups excluding carboxylic acids is 1. The number of nitrogens with zero attached hydrogens (tertiary/aromatic N) is 5. The maximum atomic E-state index is 13.3. The van der Waals surface area contributed by atoms with Crippen molar-refractivity contribution in [3.05, 3.63) is 100.0 Å². The summed E-state index contributed by atoms with van der Waals surface area (Å²) in [5.74, 6) is -0.235. The number of carbonyl (C=O) groups is 1. The zero-order valence-electron chi connectivity index (χ0n) is 22.7. The number of halogens is 3. The van der Waals surface area contributed by atoms with Crippen molar-refractivity contribution in [3.63, 3.8) is 0 Å². The molecule has 0 saturated carbocycles. The number of hydrogen-bond donors (Lipinski definition) is 2. The monoisotopic (exact) mass is 575 g/mol. The van der Waals surface area contributed by atoms with Gasteiger partial charge in [-0.25, -0.2) is 9.78 Å². The minimum Gasteiger partial charge on any atom is -0.497 e. The van der Waals surface area contributed by atoms with E-state index in [4.69, 9.17) is 4.74 Å². The molecule has 0 aliphatic heterocycles. The number of benzene rings is 2. The Hall–Kier alpha value is -5.33. The summed E-state index contributed by atoms with van der Waals surface area (Å²) < 4.78 is 46.2. The lowest BCUT2D eigenvalue weighted by Crippen LogP contribution is -2.25. The molecule has 0 saturated heterocycles. The van der Waals surface area contributed by atoms with Crippen LogP contribution in [-0.2, 0) is 12.6 Å². The van der Waals surface area contributed by atoms with Crippen molar-refractivity contribution >= 4 is 34.3 Å². The summed E-state index contributed by atoms with van der Waals surface area (Å²) in [5.41, 5.74) is 1.01. The molecule has 5 rings (SSSR count). The molecular formula is C29H24F3N7O3. The number of pyridine rings is 1. The standard InChI is InChI=1S/C29H24F3N7O3/c1-4-24-23-15-34-27(36-19-9-8-16(2)33-14-19)37-25(23)38-28(41)39(24)21-11-20(12-22(13-21)42-3)35-26(40)17-6-5-7-18(10-17)29(30,31)32/h5-15H,4H2,1-3H3,(H,35,40)(H,36,37,38,41). The third kappa shape index (κ3) is 5.89. The van der Waals surface area contributed by atoms with Crippen LogP contribution in [0.2, 0.25) is 0 Å². The highest BCUT2D eigenvalue weighted by Gasteiger charge is 2.31. The van der Waals surface area contributed by atoms with Gasteiger partial charge in [-0.2, -0.15) is 23.1 Å². The molecule has 3 heterocycles. The molecule has 0 atom stereocenters. The summed E-state index contributed by atoms with van der Waals surface area (Å²) >= 11 is 0. The number of ether oxygens (including phenoxy) is 1. The van der Waals surface area contributed by atoms with Gasteiger partial charge < -0.3 is 15.4 Å². The van der Waals surface area contributed by atoms with Crippen LogP contribution in [0.1, 0.15) is 34.2 Å². The average molecular weight is 576 g/mol. The Morgan fingerprint density at radius 2 is 1.81 bits per heavy atom. The third-order valence-corrected chi connectivity index (χ3v) is 6.34. The lowest BCUT2D eigenvalue weighted by molar-refractivity contribution is -0.137. The number of amides is 1. The van der Waals surface area contributed by atoms with Crippen LogP contribution in [0.3, 0.4) is 0 Å². The van der Waals surface area contributed by atoms with Gasteiger partial charge in [-0.05, 0) is 49.7 Å². The normalized spacial score (nSPS) is 11.4. The minimum absolute atomic E-state index is 0.184. The molecule has 0 aliphatic rings. The summed E-state index contributed by atoms with van der Waals surface area (Å²) in [6, 6.07) is 12.3. The number of fused-ring (bicyclic) bond motifs is 1. The van der Waals surface area contributed by atoms with Crippen molar-refractivity contribution < 1.29 is 22.7 Å². The molecule has 13 heteroatoms. The Morgan fingerprint density at radius 1 is 1.00 bits per heavy atom.